The van der Waals surface area contributed by atoms with Crippen molar-refractivity contribution in [2.24, 2.45) is 0 Å². The van der Waals surface area contributed by atoms with Gasteiger partial charge in [-0.2, -0.15) is 11.8 Å². The van der Waals surface area contributed by atoms with E-state index < -0.39 is 27.9 Å². The molecule has 1 fully saturated rings. The third kappa shape index (κ3) is 8.05. The summed E-state index contributed by atoms with van der Waals surface area (Å²) in [5.74, 6) is -1.07. The van der Waals surface area contributed by atoms with E-state index in [0.717, 1.165) is 18.7 Å². The number of carbonyl (C=O) groups is 2. The minimum Gasteiger partial charge on any atom is -0.480 e. The molecule has 0 spiro atoms. The highest BCUT2D eigenvalue weighted by atomic mass is 32.2. The topological polar surface area (TPSA) is 116 Å². The van der Waals surface area contributed by atoms with Gasteiger partial charge in [0.05, 0.1) is 4.90 Å². The lowest BCUT2D eigenvalue weighted by Crippen LogP contribution is -2.41. The normalized spacial score (nSPS) is 17.2. The molecule has 0 bridgehead atoms. The largest absolute Gasteiger partial charge is 0.480 e. The number of sulfonamides is 1. The molecule has 0 aliphatic carbocycles. The molecule has 2 atom stereocenters. The van der Waals surface area contributed by atoms with Crippen LogP contribution in [0, 0.1) is 6.92 Å². The lowest BCUT2D eigenvalue weighted by atomic mass is 9.95. The second-order valence-corrected chi connectivity index (χ2v) is 12.6. The first kappa shape index (κ1) is 30.1. The molecule has 3 N–H and O–H groups in total. The average Bonchev–Trinajstić information content (AvgIpc) is 2.89. The number of aryl methyl sites for hydroxylation is 1. The molecule has 1 aliphatic rings. The van der Waals surface area contributed by atoms with Crippen LogP contribution in [-0.4, -0.2) is 74.0 Å². The van der Waals surface area contributed by atoms with Gasteiger partial charge in [-0.05, 0) is 99.5 Å². The number of hydrogen-bond donors (Lipinski definition) is 3. The fourth-order valence-corrected chi connectivity index (χ4v) is 6.35. The third-order valence-corrected chi connectivity index (χ3v) is 9.15. The van der Waals surface area contributed by atoms with Crippen LogP contribution in [0.15, 0.2) is 47.4 Å². The maximum Gasteiger partial charge on any atom is 0.326 e. The Morgan fingerprint density at radius 1 is 1.16 bits per heavy atom. The van der Waals surface area contributed by atoms with Crippen molar-refractivity contribution < 1.29 is 23.1 Å². The van der Waals surface area contributed by atoms with Gasteiger partial charge in [-0.25, -0.2) is 17.9 Å². The summed E-state index contributed by atoms with van der Waals surface area (Å²) in [6.45, 7) is 6.32. The molecule has 8 nitrogen and oxygen atoms in total. The molecule has 38 heavy (non-hydrogen) atoms. The summed E-state index contributed by atoms with van der Waals surface area (Å²) < 4.78 is 29.1. The first-order valence-electron chi connectivity index (χ1n) is 13.1. The van der Waals surface area contributed by atoms with Crippen LogP contribution < -0.4 is 10.0 Å². The number of nitrogens with one attached hydrogen (secondary N) is 2. The van der Waals surface area contributed by atoms with E-state index in [0.29, 0.717) is 35.9 Å². The van der Waals surface area contributed by atoms with Crippen LogP contribution in [-0.2, 0) is 14.8 Å². The summed E-state index contributed by atoms with van der Waals surface area (Å²) in [6, 6.07) is 11.3. The van der Waals surface area contributed by atoms with Crippen LogP contribution in [0.2, 0.25) is 0 Å². The minimum atomic E-state index is -3.81. The Morgan fingerprint density at radius 3 is 2.61 bits per heavy atom. The molecule has 0 aromatic heterocycles. The molecule has 2 aromatic carbocycles. The van der Waals surface area contributed by atoms with E-state index in [-0.39, 0.29) is 16.9 Å². The van der Waals surface area contributed by atoms with Gasteiger partial charge in [0.2, 0.25) is 10.0 Å². The molecule has 2 aromatic rings. The van der Waals surface area contributed by atoms with Gasteiger partial charge in [-0.1, -0.05) is 30.7 Å². The van der Waals surface area contributed by atoms with E-state index in [1.807, 2.05) is 37.4 Å². The van der Waals surface area contributed by atoms with E-state index >= 15 is 0 Å². The Kier molecular flexibility index (Phi) is 11.2. The number of likely N-dealkylation sites (tertiary alicyclic amines) is 1. The number of carbonyl (C=O) groups excluding carboxylic acids is 1. The number of rotatable bonds is 13. The van der Waals surface area contributed by atoms with E-state index in [9.17, 15) is 23.1 Å². The van der Waals surface area contributed by atoms with Crippen molar-refractivity contribution in [2.45, 2.75) is 62.9 Å². The zero-order chi connectivity index (χ0) is 27.7. The lowest BCUT2D eigenvalue weighted by Gasteiger charge is -2.33. The standard InChI is InChI=1S/C28H39N3O5S2/c1-20-9-4-5-11-23(20)25-19-22(12-13-24(25)27(32)30-26(28(33)34)14-18-37-3)38(35,36)29-15-8-17-31-16-7-6-10-21(31)2/h4-5,9,11-13,19,21,26,29H,6-8,10,14-18H2,1-3H3,(H,30,32)(H,33,34)/t21?,26-/m0/s1. The van der Waals surface area contributed by atoms with Gasteiger partial charge < -0.3 is 15.3 Å². The molecule has 1 aliphatic heterocycles. The van der Waals surface area contributed by atoms with Crippen molar-refractivity contribution in [1.29, 1.82) is 0 Å². The summed E-state index contributed by atoms with van der Waals surface area (Å²) in [7, 11) is -3.81. The second-order valence-electron chi connectivity index (χ2n) is 9.80. The summed E-state index contributed by atoms with van der Waals surface area (Å²) in [5, 5.41) is 12.2. The van der Waals surface area contributed by atoms with Crippen molar-refractivity contribution in [3.63, 3.8) is 0 Å². The summed E-state index contributed by atoms with van der Waals surface area (Å²) in [5.41, 5.74) is 2.26. The molecule has 0 saturated carbocycles. The molecule has 1 heterocycles. The second kappa shape index (κ2) is 14.1. The van der Waals surface area contributed by atoms with Crippen molar-refractivity contribution in [1.82, 2.24) is 14.9 Å². The number of nitrogens with zero attached hydrogens (tertiary/aromatic N) is 1. The highest BCUT2D eigenvalue weighted by Crippen LogP contribution is 2.30. The number of thioether (sulfide) groups is 1. The van der Waals surface area contributed by atoms with E-state index in [1.54, 1.807) is 0 Å². The van der Waals surface area contributed by atoms with Crippen LogP contribution in [0.5, 0.6) is 0 Å². The smallest absolute Gasteiger partial charge is 0.326 e. The number of aliphatic carboxylic acids is 1. The molecule has 0 radical (unpaired) electrons. The van der Waals surface area contributed by atoms with Gasteiger partial charge in [-0.15, -0.1) is 0 Å². The molecular weight excluding hydrogens is 522 g/mol. The van der Waals surface area contributed by atoms with Gasteiger partial charge in [-0.3, -0.25) is 4.79 Å². The average molecular weight is 562 g/mol. The van der Waals surface area contributed by atoms with E-state index in [2.05, 4.69) is 21.9 Å². The quantitative estimate of drug-likeness (QED) is 0.315. The lowest BCUT2D eigenvalue weighted by molar-refractivity contribution is -0.139. The highest BCUT2D eigenvalue weighted by molar-refractivity contribution is 7.98. The molecule has 10 heteroatoms. The van der Waals surface area contributed by atoms with Crippen molar-refractivity contribution in [2.75, 3.05) is 31.6 Å². The molecule has 208 valence electrons. The Balaban J connectivity index is 1.82. The summed E-state index contributed by atoms with van der Waals surface area (Å²) in [6.07, 6.45) is 6.48. The summed E-state index contributed by atoms with van der Waals surface area (Å²) >= 11 is 1.50. The van der Waals surface area contributed by atoms with Crippen molar-refractivity contribution in [3.05, 3.63) is 53.6 Å². The van der Waals surface area contributed by atoms with Gasteiger partial charge in [0.15, 0.2) is 0 Å². The summed E-state index contributed by atoms with van der Waals surface area (Å²) in [4.78, 5) is 27.4. The molecule has 1 unspecified atom stereocenters. The van der Waals surface area contributed by atoms with E-state index in [4.69, 9.17) is 0 Å². The number of amides is 1. The molecule has 1 amide bonds. The maximum absolute atomic E-state index is 13.2. The van der Waals surface area contributed by atoms with Crippen molar-refractivity contribution in [3.8, 4) is 11.1 Å². The van der Waals surface area contributed by atoms with Crippen LogP contribution in [0.25, 0.3) is 11.1 Å². The SMILES string of the molecule is CSCC[C@H](NC(=O)c1ccc(S(=O)(=O)NCCCN2CCCCC2C)cc1-c1ccccc1C)C(=O)O. The molecule has 3 rings (SSSR count). The molecular formula is C28H39N3O5S2. The fraction of sp³-hybridized carbons (Fsp3) is 0.500. The number of benzene rings is 2. The number of carboxylic acid groups (broad SMARTS) is 1. The number of carboxylic acids is 1. The maximum atomic E-state index is 13.2. The first-order valence-corrected chi connectivity index (χ1v) is 16.0. The Hall–Kier alpha value is -2.40. The zero-order valence-electron chi connectivity index (χ0n) is 22.4. The van der Waals surface area contributed by atoms with Gasteiger partial charge in [0.1, 0.15) is 6.04 Å². The van der Waals surface area contributed by atoms with Crippen LogP contribution in [0.4, 0.5) is 0 Å². The zero-order valence-corrected chi connectivity index (χ0v) is 24.0. The predicted molar refractivity (Wildman–Crippen MR) is 153 cm³/mol. The van der Waals surface area contributed by atoms with Crippen LogP contribution >= 0.6 is 11.8 Å². The Bertz CT molecular complexity index is 1220. The minimum absolute atomic E-state index is 0.0656. The van der Waals surface area contributed by atoms with Crippen LogP contribution in [0.1, 0.15) is 54.9 Å². The fourth-order valence-electron chi connectivity index (χ4n) is 4.78. The van der Waals surface area contributed by atoms with Gasteiger partial charge in [0.25, 0.3) is 5.91 Å². The Morgan fingerprint density at radius 2 is 1.92 bits per heavy atom. The van der Waals surface area contributed by atoms with Gasteiger partial charge in [0, 0.05) is 18.2 Å². The third-order valence-electron chi connectivity index (χ3n) is 7.05. The molecule has 1 saturated heterocycles. The number of piperidine rings is 1. The van der Waals surface area contributed by atoms with E-state index in [1.165, 1.54) is 49.2 Å². The number of hydrogen-bond acceptors (Lipinski definition) is 6. The van der Waals surface area contributed by atoms with Crippen molar-refractivity contribution >= 4 is 33.7 Å². The first-order chi connectivity index (χ1) is 18.1. The monoisotopic (exact) mass is 561 g/mol. The highest BCUT2D eigenvalue weighted by Gasteiger charge is 2.25. The Labute approximate surface area is 230 Å². The predicted octanol–water partition coefficient (Wildman–Crippen LogP) is 4.14. The van der Waals surface area contributed by atoms with Gasteiger partial charge >= 0.3 is 5.97 Å². The van der Waals surface area contributed by atoms with Crippen LogP contribution in [0.3, 0.4) is 0 Å².